The summed E-state index contributed by atoms with van der Waals surface area (Å²) in [5, 5.41) is 0.971. The maximum absolute atomic E-state index is 5.62. The molecule has 0 amide bonds. The van der Waals surface area contributed by atoms with E-state index in [1.54, 1.807) is 18.4 Å². The second-order valence-corrected chi connectivity index (χ2v) is 6.29. The Balaban J connectivity index is 2.11. The van der Waals surface area contributed by atoms with Gasteiger partial charge in [-0.05, 0) is 47.1 Å². The summed E-state index contributed by atoms with van der Waals surface area (Å²) in [6.07, 6.45) is 0. The molecule has 0 saturated carbocycles. The Hall–Kier alpha value is -1.59. The van der Waals surface area contributed by atoms with Crippen LogP contribution in [0.4, 0.5) is 0 Å². The molecule has 0 aliphatic rings. The van der Waals surface area contributed by atoms with Crippen LogP contribution in [-0.2, 0) is 0 Å². The highest BCUT2D eigenvalue weighted by Crippen LogP contribution is 2.41. The monoisotopic (exact) mass is 363 g/mol. The number of para-hydroxylation sites is 1. The maximum Gasteiger partial charge on any atom is 0.175 e. The molecular weight excluding hydrogens is 350 g/mol. The molecule has 0 spiro atoms. The Morgan fingerprint density at radius 2 is 2.05 bits per heavy atom. The van der Waals surface area contributed by atoms with Crippen LogP contribution < -0.4 is 9.47 Å². The van der Waals surface area contributed by atoms with Crippen LogP contribution in [0.1, 0.15) is 6.92 Å². The summed E-state index contributed by atoms with van der Waals surface area (Å²) in [4.78, 5) is 4.68. The lowest BCUT2D eigenvalue weighted by Crippen LogP contribution is -1.96. The summed E-state index contributed by atoms with van der Waals surface area (Å²) in [7, 11) is 1.65. The van der Waals surface area contributed by atoms with Crippen molar-refractivity contribution in [2.24, 2.45) is 0 Å². The summed E-state index contributed by atoms with van der Waals surface area (Å²) in [5.74, 6) is 1.44. The molecule has 3 aromatic rings. The lowest BCUT2D eigenvalue weighted by Gasteiger charge is -2.12. The molecule has 0 N–H and O–H groups in total. The van der Waals surface area contributed by atoms with Crippen molar-refractivity contribution in [3.05, 3.63) is 40.9 Å². The van der Waals surface area contributed by atoms with Crippen LogP contribution in [-0.4, -0.2) is 18.7 Å². The van der Waals surface area contributed by atoms with Crippen LogP contribution in [0, 0.1) is 0 Å². The van der Waals surface area contributed by atoms with Gasteiger partial charge in [-0.2, -0.15) is 0 Å². The van der Waals surface area contributed by atoms with Crippen molar-refractivity contribution < 1.29 is 9.47 Å². The first-order valence-electron chi connectivity index (χ1n) is 6.59. The molecule has 3 nitrogen and oxygen atoms in total. The van der Waals surface area contributed by atoms with E-state index >= 15 is 0 Å². The number of ether oxygens (including phenoxy) is 2. The zero-order valence-electron chi connectivity index (χ0n) is 11.7. The Kier molecular flexibility index (Phi) is 4.12. The zero-order chi connectivity index (χ0) is 14.8. The van der Waals surface area contributed by atoms with Crippen molar-refractivity contribution in [1.82, 2.24) is 4.98 Å². The van der Waals surface area contributed by atoms with E-state index in [0.717, 1.165) is 26.3 Å². The van der Waals surface area contributed by atoms with Gasteiger partial charge in [0, 0.05) is 5.56 Å². The number of thiazole rings is 1. The normalized spacial score (nSPS) is 10.8. The minimum atomic E-state index is 0.593. The molecule has 0 bridgehead atoms. The van der Waals surface area contributed by atoms with E-state index in [0.29, 0.717) is 12.4 Å². The first kappa shape index (κ1) is 14.4. The van der Waals surface area contributed by atoms with Crippen molar-refractivity contribution >= 4 is 37.5 Å². The molecule has 2 aromatic carbocycles. The largest absolute Gasteiger partial charge is 0.493 e. The molecule has 21 heavy (non-hydrogen) atoms. The number of nitrogens with zero attached hydrogens (tertiary/aromatic N) is 1. The smallest absolute Gasteiger partial charge is 0.175 e. The highest BCUT2D eigenvalue weighted by atomic mass is 79.9. The Bertz CT molecular complexity index is 752. The quantitative estimate of drug-likeness (QED) is 0.643. The van der Waals surface area contributed by atoms with Crippen molar-refractivity contribution in [3.63, 3.8) is 0 Å². The number of halogens is 1. The number of aromatic nitrogens is 1. The highest BCUT2D eigenvalue weighted by Gasteiger charge is 2.14. The van der Waals surface area contributed by atoms with Crippen LogP contribution in [0.2, 0.25) is 0 Å². The van der Waals surface area contributed by atoms with E-state index in [-0.39, 0.29) is 0 Å². The van der Waals surface area contributed by atoms with Crippen LogP contribution in [0.5, 0.6) is 11.5 Å². The van der Waals surface area contributed by atoms with Crippen LogP contribution in [0.3, 0.4) is 0 Å². The van der Waals surface area contributed by atoms with Gasteiger partial charge in [0.1, 0.15) is 5.01 Å². The van der Waals surface area contributed by atoms with Gasteiger partial charge in [-0.3, -0.25) is 0 Å². The number of benzene rings is 2. The first-order valence-corrected chi connectivity index (χ1v) is 8.20. The fourth-order valence-corrected chi connectivity index (χ4v) is 3.63. The third-order valence-electron chi connectivity index (χ3n) is 3.06. The molecule has 1 heterocycles. The van der Waals surface area contributed by atoms with Gasteiger partial charge < -0.3 is 9.47 Å². The molecule has 0 fully saturated rings. The predicted molar refractivity (Wildman–Crippen MR) is 90.5 cm³/mol. The molecule has 0 atom stereocenters. The zero-order valence-corrected chi connectivity index (χ0v) is 14.1. The molecule has 0 aliphatic heterocycles. The van der Waals surface area contributed by atoms with E-state index in [1.807, 2.05) is 37.3 Å². The molecule has 108 valence electrons. The Morgan fingerprint density at radius 3 is 2.76 bits per heavy atom. The standard InChI is InChI=1S/C16H14BrNO2S/c1-3-20-15-11(17)8-10(9-13(15)19-2)16-18-12-6-4-5-7-14(12)21-16/h4-9H,3H2,1-2H3. The SMILES string of the molecule is CCOc1c(Br)cc(-c2nc3ccccc3s2)cc1OC. The van der Waals surface area contributed by atoms with Gasteiger partial charge in [0.05, 0.1) is 28.4 Å². The summed E-state index contributed by atoms with van der Waals surface area (Å²) >= 11 is 5.22. The molecule has 0 saturated heterocycles. The summed E-state index contributed by atoms with van der Waals surface area (Å²) < 4.78 is 13.1. The topological polar surface area (TPSA) is 31.4 Å². The first-order chi connectivity index (χ1) is 10.2. The fourth-order valence-electron chi connectivity index (χ4n) is 2.12. The number of rotatable bonds is 4. The summed E-state index contributed by atoms with van der Waals surface area (Å²) in [6, 6.07) is 12.1. The van der Waals surface area contributed by atoms with E-state index in [4.69, 9.17) is 9.47 Å². The lowest BCUT2D eigenvalue weighted by molar-refractivity contribution is 0.309. The van der Waals surface area contributed by atoms with Gasteiger partial charge in [-0.25, -0.2) is 4.98 Å². The second-order valence-electron chi connectivity index (χ2n) is 4.41. The van der Waals surface area contributed by atoms with Gasteiger partial charge in [0.15, 0.2) is 11.5 Å². The van der Waals surface area contributed by atoms with Crippen LogP contribution in [0.25, 0.3) is 20.8 Å². The van der Waals surface area contributed by atoms with Gasteiger partial charge in [0.25, 0.3) is 0 Å². The minimum Gasteiger partial charge on any atom is -0.493 e. The van der Waals surface area contributed by atoms with Gasteiger partial charge in [-0.15, -0.1) is 11.3 Å². The van der Waals surface area contributed by atoms with Crippen molar-refractivity contribution in [1.29, 1.82) is 0 Å². The predicted octanol–water partition coefficient (Wildman–Crippen LogP) is 5.13. The molecule has 0 unspecified atom stereocenters. The molecule has 1 aromatic heterocycles. The van der Waals surface area contributed by atoms with E-state index in [2.05, 4.69) is 27.0 Å². The molecule has 5 heteroatoms. The average molecular weight is 364 g/mol. The lowest BCUT2D eigenvalue weighted by atomic mass is 10.2. The van der Waals surface area contributed by atoms with Crippen LogP contribution in [0.15, 0.2) is 40.9 Å². The average Bonchev–Trinajstić information content (AvgIpc) is 2.93. The third-order valence-corrected chi connectivity index (χ3v) is 4.73. The molecule has 3 rings (SSSR count). The van der Waals surface area contributed by atoms with Crippen molar-refractivity contribution in [3.8, 4) is 22.1 Å². The second kappa shape index (κ2) is 6.03. The molecular formula is C16H14BrNO2S. The molecule has 0 aliphatic carbocycles. The Labute approximate surface area is 135 Å². The number of methoxy groups -OCH3 is 1. The van der Waals surface area contributed by atoms with Gasteiger partial charge >= 0.3 is 0 Å². The summed E-state index contributed by atoms with van der Waals surface area (Å²) in [6.45, 7) is 2.54. The third kappa shape index (κ3) is 2.76. The fraction of sp³-hybridized carbons (Fsp3) is 0.188. The number of hydrogen-bond donors (Lipinski definition) is 0. The van der Waals surface area contributed by atoms with Gasteiger partial charge in [-0.1, -0.05) is 12.1 Å². The molecule has 0 radical (unpaired) electrons. The minimum absolute atomic E-state index is 0.593. The highest BCUT2D eigenvalue weighted by molar-refractivity contribution is 9.10. The van der Waals surface area contributed by atoms with E-state index in [9.17, 15) is 0 Å². The Morgan fingerprint density at radius 1 is 1.24 bits per heavy atom. The van der Waals surface area contributed by atoms with E-state index in [1.165, 1.54) is 4.70 Å². The van der Waals surface area contributed by atoms with Crippen molar-refractivity contribution in [2.45, 2.75) is 6.92 Å². The van der Waals surface area contributed by atoms with Crippen LogP contribution >= 0.6 is 27.3 Å². The van der Waals surface area contributed by atoms with Crippen molar-refractivity contribution in [2.75, 3.05) is 13.7 Å². The number of fused-ring (bicyclic) bond motifs is 1. The number of hydrogen-bond acceptors (Lipinski definition) is 4. The summed E-state index contributed by atoms with van der Waals surface area (Å²) in [5.41, 5.74) is 2.03. The van der Waals surface area contributed by atoms with Gasteiger partial charge in [0.2, 0.25) is 0 Å². The van der Waals surface area contributed by atoms with E-state index < -0.39 is 0 Å². The maximum atomic E-state index is 5.62.